The predicted molar refractivity (Wildman–Crippen MR) is 113 cm³/mol. The molecule has 0 unspecified atom stereocenters. The Balaban J connectivity index is 2.08. The molecule has 0 fully saturated rings. The van der Waals surface area contributed by atoms with Crippen molar-refractivity contribution in [2.45, 2.75) is 46.1 Å². The first-order chi connectivity index (χ1) is 13.9. The number of carbonyl (C=O) groups is 2. The van der Waals surface area contributed by atoms with Crippen molar-refractivity contribution in [3.63, 3.8) is 0 Å². The van der Waals surface area contributed by atoms with Crippen LogP contribution in [-0.2, 0) is 9.53 Å². The number of hydrogen-bond donors (Lipinski definition) is 1. The summed E-state index contributed by atoms with van der Waals surface area (Å²) in [7, 11) is 1.53. The van der Waals surface area contributed by atoms with Gasteiger partial charge >= 0.3 is 5.97 Å². The van der Waals surface area contributed by atoms with E-state index >= 15 is 0 Å². The number of carbonyl (C=O) groups excluding carboxylic acids is 2. The summed E-state index contributed by atoms with van der Waals surface area (Å²) in [6, 6.07) is 12.4. The third-order valence-corrected chi connectivity index (χ3v) is 4.71. The van der Waals surface area contributed by atoms with Crippen LogP contribution in [0.5, 0.6) is 11.5 Å². The van der Waals surface area contributed by atoms with Gasteiger partial charge in [0.2, 0.25) is 0 Å². The molecule has 0 aromatic heterocycles. The molecule has 0 radical (unpaired) electrons. The molecular formula is C23H29NO5. The Morgan fingerprint density at radius 3 is 2.41 bits per heavy atom. The fourth-order valence-electron chi connectivity index (χ4n) is 2.85. The van der Waals surface area contributed by atoms with Crippen molar-refractivity contribution >= 4 is 17.6 Å². The minimum Gasteiger partial charge on any atom is -0.493 e. The fraction of sp³-hybridized carbons (Fsp3) is 0.391. The minimum atomic E-state index is -0.954. The Labute approximate surface area is 172 Å². The van der Waals surface area contributed by atoms with E-state index in [9.17, 15) is 9.59 Å². The molecule has 2 rings (SSSR count). The quantitative estimate of drug-likeness (QED) is 0.614. The van der Waals surface area contributed by atoms with Gasteiger partial charge in [-0.2, -0.15) is 0 Å². The Hall–Kier alpha value is -3.02. The number of para-hydroxylation sites is 1. The van der Waals surface area contributed by atoms with Gasteiger partial charge in [0.15, 0.2) is 17.6 Å². The summed E-state index contributed by atoms with van der Waals surface area (Å²) in [4.78, 5) is 25.1. The van der Waals surface area contributed by atoms with Gasteiger partial charge in [-0.25, -0.2) is 4.79 Å². The Bertz CT molecular complexity index is 849. The molecule has 29 heavy (non-hydrogen) atoms. The van der Waals surface area contributed by atoms with Crippen LogP contribution in [0.2, 0.25) is 0 Å². The third-order valence-electron chi connectivity index (χ3n) is 4.71. The van der Waals surface area contributed by atoms with Crippen LogP contribution in [0, 0.1) is 0 Å². The predicted octanol–water partition coefficient (Wildman–Crippen LogP) is 4.79. The molecule has 1 amide bonds. The van der Waals surface area contributed by atoms with Crippen molar-refractivity contribution in [1.82, 2.24) is 0 Å². The van der Waals surface area contributed by atoms with Crippen LogP contribution in [0.4, 0.5) is 5.69 Å². The van der Waals surface area contributed by atoms with Crippen LogP contribution in [0.25, 0.3) is 0 Å². The monoisotopic (exact) mass is 399 g/mol. The first-order valence-corrected chi connectivity index (χ1v) is 9.82. The van der Waals surface area contributed by atoms with E-state index in [4.69, 9.17) is 14.2 Å². The first-order valence-electron chi connectivity index (χ1n) is 9.82. The van der Waals surface area contributed by atoms with Gasteiger partial charge in [0, 0.05) is 5.69 Å². The fourth-order valence-corrected chi connectivity index (χ4v) is 2.85. The maximum atomic E-state index is 12.6. The largest absolute Gasteiger partial charge is 0.493 e. The lowest BCUT2D eigenvalue weighted by Gasteiger charge is -2.18. The van der Waals surface area contributed by atoms with Gasteiger partial charge < -0.3 is 19.5 Å². The van der Waals surface area contributed by atoms with E-state index in [1.165, 1.54) is 7.11 Å². The third kappa shape index (κ3) is 5.73. The van der Waals surface area contributed by atoms with Gasteiger partial charge in [-0.15, -0.1) is 0 Å². The van der Waals surface area contributed by atoms with E-state index in [1.54, 1.807) is 25.1 Å². The molecule has 2 aromatic rings. The maximum absolute atomic E-state index is 12.6. The van der Waals surface area contributed by atoms with Crippen LogP contribution in [0.1, 0.15) is 56.0 Å². The minimum absolute atomic E-state index is 0.286. The van der Waals surface area contributed by atoms with E-state index in [1.807, 2.05) is 31.2 Å². The molecule has 6 heteroatoms. The van der Waals surface area contributed by atoms with Crippen molar-refractivity contribution < 1.29 is 23.8 Å². The van der Waals surface area contributed by atoms with E-state index in [0.717, 1.165) is 17.7 Å². The number of ether oxygens (including phenoxy) is 3. The van der Waals surface area contributed by atoms with Gasteiger partial charge in [-0.1, -0.05) is 32.0 Å². The lowest BCUT2D eigenvalue weighted by molar-refractivity contribution is -0.123. The summed E-state index contributed by atoms with van der Waals surface area (Å²) in [5.74, 6) is 0.291. The topological polar surface area (TPSA) is 73.9 Å². The van der Waals surface area contributed by atoms with Gasteiger partial charge in [0.1, 0.15) is 0 Å². The van der Waals surface area contributed by atoms with Gasteiger partial charge in [0.05, 0.1) is 19.3 Å². The number of hydrogen-bond acceptors (Lipinski definition) is 5. The van der Waals surface area contributed by atoms with Crippen molar-refractivity contribution in [1.29, 1.82) is 0 Å². The molecule has 1 N–H and O–H groups in total. The second-order valence-electron chi connectivity index (χ2n) is 6.73. The number of anilines is 1. The summed E-state index contributed by atoms with van der Waals surface area (Å²) in [6.45, 7) is 8.02. The SMILES string of the molecule is CCOc1cc(C(=O)O[C@@H](C)C(=O)Nc2ccccc2[C@@H](C)CC)ccc1OC. The summed E-state index contributed by atoms with van der Waals surface area (Å²) >= 11 is 0. The normalized spacial score (nSPS) is 12.6. The molecule has 156 valence electrons. The van der Waals surface area contributed by atoms with Gasteiger partial charge in [-0.3, -0.25) is 4.79 Å². The highest BCUT2D eigenvalue weighted by atomic mass is 16.5. The van der Waals surface area contributed by atoms with Crippen LogP contribution in [0.3, 0.4) is 0 Å². The average Bonchev–Trinajstić information content (AvgIpc) is 2.73. The van der Waals surface area contributed by atoms with Crippen molar-refractivity contribution in [3.05, 3.63) is 53.6 Å². The van der Waals surface area contributed by atoms with Crippen molar-refractivity contribution in [2.24, 2.45) is 0 Å². The Morgan fingerprint density at radius 1 is 1.03 bits per heavy atom. The number of amides is 1. The summed E-state index contributed by atoms with van der Waals surface area (Å²) < 4.78 is 16.1. The average molecular weight is 399 g/mol. The zero-order valence-corrected chi connectivity index (χ0v) is 17.7. The second kappa shape index (κ2) is 10.5. The van der Waals surface area contributed by atoms with Gasteiger partial charge in [0.25, 0.3) is 5.91 Å². The summed E-state index contributed by atoms with van der Waals surface area (Å²) in [6.07, 6.45) is 0.00183. The maximum Gasteiger partial charge on any atom is 0.339 e. The molecule has 0 aliphatic heterocycles. The molecule has 0 heterocycles. The van der Waals surface area contributed by atoms with Crippen molar-refractivity contribution in [3.8, 4) is 11.5 Å². The Morgan fingerprint density at radius 2 is 1.76 bits per heavy atom. The molecule has 0 spiro atoms. The molecule has 0 saturated carbocycles. The molecule has 6 nitrogen and oxygen atoms in total. The Kier molecular flexibility index (Phi) is 8.07. The van der Waals surface area contributed by atoms with Crippen molar-refractivity contribution in [2.75, 3.05) is 19.0 Å². The summed E-state index contributed by atoms with van der Waals surface area (Å²) in [5.41, 5.74) is 2.07. The lowest BCUT2D eigenvalue weighted by atomic mass is 9.97. The van der Waals surface area contributed by atoms with Crippen LogP contribution in [0.15, 0.2) is 42.5 Å². The highest BCUT2D eigenvalue weighted by Gasteiger charge is 2.21. The molecule has 0 bridgehead atoms. The lowest BCUT2D eigenvalue weighted by Crippen LogP contribution is -2.30. The molecule has 0 aliphatic carbocycles. The standard InChI is InChI=1S/C23H29NO5/c1-6-15(3)18-10-8-9-11-19(18)24-22(25)16(4)29-23(26)17-12-13-20(27-5)21(14-17)28-7-2/h8-16H,6-7H2,1-5H3,(H,24,25)/t15-,16-/m0/s1. The summed E-state index contributed by atoms with van der Waals surface area (Å²) in [5, 5.41) is 2.87. The highest BCUT2D eigenvalue weighted by Crippen LogP contribution is 2.29. The number of esters is 1. The number of benzene rings is 2. The molecule has 0 aliphatic rings. The molecular weight excluding hydrogens is 370 g/mol. The first kappa shape index (κ1) is 22.3. The second-order valence-corrected chi connectivity index (χ2v) is 6.73. The number of methoxy groups -OCH3 is 1. The molecule has 0 saturated heterocycles. The highest BCUT2D eigenvalue weighted by molar-refractivity contribution is 5.98. The molecule has 2 aromatic carbocycles. The molecule has 2 atom stereocenters. The van der Waals surface area contributed by atoms with Crippen LogP contribution >= 0.6 is 0 Å². The zero-order valence-electron chi connectivity index (χ0n) is 17.7. The number of rotatable bonds is 9. The van der Waals surface area contributed by atoms with E-state index < -0.39 is 12.1 Å². The number of nitrogens with one attached hydrogen (secondary N) is 1. The smallest absolute Gasteiger partial charge is 0.339 e. The van der Waals surface area contributed by atoms with Crippen LogP contribution < -0.4 is 14.8 Å². The van der Waals surface area contributed by atoms with Crippen LogP contribution in [-0.4, -0.2) is 31.7 Å². The van der Waals surface area contributed by atoms with E-state index in [-0.39, 0.29) is 11.5 Å². The van der Waals surface area contributed by atoms with E-state index in [0.29, 0.717) is 24.0 Å². The zero-order chi connectivity index (χ0) is 21.4. The van der Waals surface area contributed by atoms with Gasteiger partial charge in [-0.05, 0) is 56.0 Å². The van der Waals surface area contributed by atoms with E-state index in [2.05, 4.69) is 19.2 Å².